The van der Waals surface area contributed by atoms with E-state index in [-0.39, 0.29) is 0 Å². The monoisotopic (exact) mass is 195 g/mol. The van der Waals surface area contributed by atoms with Crippen molar-refractivity contribution in [3.8, 4) is 0 Å². The van der Waals surface area contributed by atoms with Gasteiger partial charge in [0.15, 0.2) is 0 Å². The predicted octanol–water partition coefficient (Wildman–Crippen LogP) is 3.21. The van der Waals surface area contributed by atoms with Gasteiger partial charge in [0.1, 0.15) is 11.5 Å². The molecule has 0 unspecified atom stereocenters. The van der Waals surface area contributed by atoms with E-state index < -0.39 is 0 Å². The van der Waals surface area contributed by atoms with Crippen molar-refractivity contribution in [1.29, 1.82) is 0 Å². The summed E-state index contributed by atoms with van der Waals surface area (Å²) in [6.07, 6.45) is 3.89. The summed E-state index contributed by atoms with van der Waals surface area (Å²) in [7, 11) is 2.15. The average molecular weight is 195 g/mol. The molecule has 1 heterocycles. The van der Waals surface area contributed by atoms with E-state index in [2.05, 4.69) is 24.9 Å². The molecular weight excluding hydrogens is 174 g/mol. The normalized spacial score (nSPS) is 11.1. The van der Waals surface area contributed by atoms with Crippen LogP contribution in [0.3, 0.4) is 0 Å². The van der Waals surface area contributed by atoms with Crippen molar-refractivity contribution < 1.29 is 4.42 Å². The molecule has 2 nitrogen and oxygen atoms in total. The number of nitrogens with zero attached hydrogens (tertiary/aromatic N) is 1. The Kier molecular flexibility index (Phi) is 4.74. The van der Waals surface area contributed by atoms with Gasteiger partial charge in [-0.15, -0.1) is 0 Å². The topological polar surface area (TPSA) is 16.4 Å². The van der Waals surface area contributed by atoms with E-state index in [4.69, 9.17) is 4.42 Å². The summed E-state index contributed by atoms with van der Waals surface area (Å²) in [4.78, 5) is 2.31. The molecule has 1 aromatic heterocycles. The molecule has 80 valence electrons. The zero-order chi connectivity index (χ0) is 10.4. The molecule has 1 aromatic rings. The van der Waals surface area contributed by atoms with E-state index in [0.717, 1.165) is 24.6 Å². The molecule has 0 aromatic carbocycles. The molecule has 0 saturated carbocycles. The molecule has 0 amide bonds. The van der Waals surface area contributed by atoms with E-state index >= 15 is 0 Å². The van der Waals surface area contributed by atoms with Crippen LogP contribution in [-0.4, -0.2) is 18.5 Å². The molecule has 0 aliphatic carbocycles. The lowest BCUT2D eigenvalue weighted by Crippen LogP contribution is -2.18. The minimum Gasteiger partial charge on any atom is -0.465 e. The lowest BCUT2D eigenvalue weighted by atomic mass is 10.2. The molecule has 0 fully saturated rings. The summed E-state index contributed by atoms with van der Waals surface area (Å²) in [5.74, 6) is 2.07. The molecular formula is C12H21NO. The second kappa shape index (κ2) is 5.86. The standard InChI is InChI=1S/C12H21NO/c1-4-5-6-9-13(3)10-12-8-7-11(2)14-12/h7-8H,4-6,9-10H2,1-3H3. The molecule has 14 heavy (non-hydrogen) atoms. The number of unbranched alkanes of at least 4 members (excludes halogenated alkanes) is 2. The van der Waals surface area contributed by atoms with Gasteiger partial charge in [0, 0.05) is 0 Å². The van der Waals surface area contributed by atoms with Crippen molar-refractivity contribution in [3.63, 3.8) is 0 Å². The van der Waals surface area contributed by atoms with Crippen LogP contribution in [0.5, 0.6) is 0 Å². The minimum atomic E-state index is 0.928. The van der Waals surface area contributed by atoms with Gasteiger partial charge in [-0.25, -0.2) is 0 Å². The fraction of sp³-hybridized carbons (Fsp3) is 0.667. The van der Waals surface area contributed by atoms with Gasteiger partial charge in [0.2, 0.25) is 0 Å². The van der Waals surface area contributed by atoms with Gasteiger partial charge >= 0.3 is 0 Å². The largest absolute Gasteiger partial charge is 0.465 e. The first kappa shape index (κ1) is 11.3. The third-order valence-corrected chi connectivity index (χ3v) is 2.37. The number of hydrogen-bond acceptors (Lipinski definition) is 2. The third kappa shape index (κ3) is 3.97. The zero-order valence-corrected chi connectivity index (χ0v) is 9.55. The van der Waals surface area contributed by atoms with Crippen molar-refractivity contribution in [2.24, 2.45) is 0 Å². The van der Waals surface area contributed by atoms with E-state index in [9.17, 15) is 0 Å². The van der Waals surface area contributed by atoms with E-state index in [0.29, 0.717) is 0 Å². The molecule has 2 heteroatoms. The van der Waals surface area contributed by atoms with E-state index in [1.807, 2.05) is 13.0 Å². The molecule has 0 aliphatic rings. The van der Waals surface area contributed by atoms with Crippen LogP contribution in [0, 0.1) is 6.92 Å². The van der Waals surface area contributed by atoms with Crippen LogP contribution in [0.25, 0.3) is 0 Å². The summed E-state index contributed by atoms with van der Waals surface area (Å²) < 4.78 is 5.52. The van der Waals surface area contributed by atoms with Crippen LogP contribution in [0.4, 0.5) is 0 Å². The average Bonchev–Trinajstić information content (AvgIpc) is 2.52. The Morgan fingerprint density at radius 1 is 1.29 bits per heavy atom. The molecule has 0 N–H and O–H groups in total. The summed E-state index contributed by atoms with van der Waals surface area (Å²) in [5, 5.41) is 0. The SMILES string of the molecule is CCCCCN(C)Cc1ccc(C)o1. The van der Waals surface area contributed by atoms with Gasteiger partial charge in [-0.2, -0.15) is 0 Å². The Morgan fingerprint density at radius 3 is 2.64 bits per heavy atom. The number of rotatable bonds is 6. The first-order valence-corrected chi connectivity index (χ1v) is 5.46. The Hall–Kier alpha value is -0.760. The maximum Gasteiger partial charge on any atom is 0.118 e. The molecule has 0 bridgehead atoms. The Bertz CT molecular complexity index is 255. The van der Waals surface area contributed by atoms with Gasteiger partial charge in [0.05, 0.1) is 6.54 Å². The molecule has 1 rings (SSSR count). The summed E-state index contributed by atoms with van der Waals surface area (Å²) >= 11 is 0. The second-order valence-electron chi connectivity index (χ2n) is 3.96. The highest BCUT2D eigenvalue weighted by molar-refractivity contribution is 5.05. The van der Waals surface area contributed by atoms with Crippen LogP contribution < -0.4 is 0 Å². The number of aryl methyl sites for hydroxylation is 1. The van der Waals surface area contributed by atoms with Crippen LogP contribution in [0.2, 0.25) is 0 Å². The maximum absolute atomic E-state index is 5.52. The van der Waals surface area contributed by atoms with Crippen molar-refractivity contribution in [2.75, 3.05) is 13.6 Å². The third-order valence-electron chi connectivity index (χ3n) is 2.37. The molecule has 0 atom stereocenters. The van der Waals surface area contributed by atoms with Crippen molar-refractivity contribution >= 4 is 0 Å². The number of furan rings is 1. The summed E-state index contributed by atoms with van der Waals surface area (Å²) in [6.45, 7) is 6.31. The van der Waals surface area contributed by atoms with E-state index in [1.165, 1.54) is 19.3 Å². The second-order valence-corrected chi connectivity index (χ2v) is 3.96. The van der Waals surface area contributed by atoms with Gasteiger partial charge in [-0.1, -0.05) is 19.8 Å². The van der Waals surface area contributed by atoms with Crippen LogP contribution >= 0.6 is 0 Å². The molecule has 0 spiro atoms. The fourth-order valence-corrected chi connectivity index (χ4v) is 1.55. The molecule has 0 aliphatic heterocycles. The van der Waals surface area contributed by atoms with Gasteiger partial charge < -0.3 is 4.42 Å². The van der Waals surface area contributed by atoms with Gasteiger partial charge in [0.25, 0.3) is 0 Å². The Morgan fingerprint density at radius 2 is 2.07 bits per heavy atom. The van der Waals surface area contributed by atoms with Gasteiger partial charge in [-0.3, -0.25) is 4.90 Å². The first-order chi connectivity index (χ1) is 6.72. The van der Waals surface area contributed by atoms with E-state index in [1.54, 1.807) is 0 Å². The smallest absolute Gasteiger partial charge is 0.118 e. The fourth-order valence-electron chi connectivity index (χ4n) is 1.55. The Balaban J connectivity index is 2.23. The quantitative estimate of drug-likeness (QED) is 0.648. The lowest BCUT2D eigenvalue weighted by molar-refractivity contribution is 0.286. The van der Waals surface area contributed by atoms with Crippen molar-refractivity contribution in [1.82, 2.24) is 4.90 Å². The van der Waals surface area contributed by atoms with Crippen molar-refractivity contribution in [2.45, 2.75) is 39.7 Å². The highest BCUT2D eigenvalue weighted by Crippen LogP contribution is 2.09. The highest BCUT2D eigenvalue weighted by atomic mass is 16.3. The van der Waals surface area contributed by atoms with Crippen LogP contribution in [0.1, 0.15) is 37.7 Å². The van der Waals surface area contributed by atoms with Crippen molar-refractivity contribution in [3.05, 3.63) is 23.7 Å². The lowest BCUT2D eigenvalue weighted by Gasteiger charge is -2.14. The molecule has 0 saturated heterocycles. The number of hydrogen-bond donors (Lipinski definition) is 0. The summed E-state index contributed by atoms with van der Waals surface area (Å²) in [6, 6.07) is 4.08. The summed E-state index contributed by atoms with van der Waals surface area (Å²) in [5.41, 5.74) is 0. The first-order valence-electron chi connectivity index (χ1n) is 5.46. The van der Waals surface area contributed by atoms with Crippen LogP contribution in [-0.2, 0) is 6.54 Å². The maximum atomic E-state index is 5.52. The van der Waals surface area contributed by atoms with Crippen LogP contribution in [0.15, 0.2) is 16.5 Å². The zero-order valence-electron chi connectivity index (χ0n) is 9.55. The Labute approximate surface area is 86.9 Å². The highest BCUT2D eigenvalue weighted by Gasteiger charge is 2.02. The minimum absolute atomic E-state index is 0.928. The molecule has 0 radical (unpaired) electrons. The predicted molar refractivity (Wildman–Crippen MR) is 59.3 cm³/mol. The van der Waals surface area contributed by atoms with Gasteiger partial charge in [-0.05, 0) is 39.1 Å².